The van der Waals surface area contributed by atoms with E-state index in [9.17, 15) is 9.59 Å². The lowest BCUT2D eigenvalue weighted by Crippen LogP contribution is -2.32. The molecule has 0 unspecified atom stereocenters. The summed E-state index contributed by atoms with van der Waals surface area (Å²) in [6.07, 6.45) is 5.73. The number of aryl methyl sites for hydroxylation is 1. The molecule has 0 atom stereocenters. The normalized spacial score (nSPS) is 14.0. The van der Waals surface area contributed by atoms with E-state index in [1.165, 1.54) is 17.3 Å². The summed E-state index contributed by atoms with van der Waals surface area (Å²) in [5, 5.41) is 11.7. The van der Waals surface area contributed by atoms with Crippen molar-refractivity contribution in [1.82, 2.24) is 29.6 Å². The Hall–Kier alpha value is -2.55. The van der Waals surface area contributed by atoms with Crippen LogP contribution in [-0.2, 0) is 30.8 Å². The molecule has 0 saturated heterocycles. The second-order valence-electron chi connectivity index (χ2n) is 6.61. The van der Waals surface area contributed by atoms with E-state index in [0.717, 1.165) is 41.9 Å². The van der Waals surface area contributed by atoms with Gasteiger partial charge >= 0.3 is 0 Å². The first-order valence-corrected chi connectivity index (χ1v) is 9.73. The first-order valence-electron chi connectivity index (χ1n) is 8.94. The zero-order chi connectivity index (χ0) is 18.8. The van der Waals surface area contributed by atoms with Crippen LogP contribution in [0, 0.1) is 0 Å². The molecular formula is C18H19BrN6O2. The molecule has 0 fully saturated rings. The minimum Gasteiger partial charge on any atom is -0.347 e. The average molecular weight is 431 g/mol. The molecule has 0 aliphatic carbocycles. The maximum absolute atomic E-state index is 12.6. The molecule has 1 N–H and O–H groups in total. The van der Waals surface area contributed by atoms with Crippen LogP contribution in [0.4, 0.5) is 0 Å². The van der Waals surface area contributed by atoms with Crippen LogP contribution in [0.1, 0.15) is 30.9 Å². The van der Waals surface area contributed by atoms with Crippen LogP contribution >= 0.6 is 15.9 Å². The van der Waals surface area contributed by atoms with Crippen LogP contribution in [0.25, 0.3) is 10.9 Å². The van der Waals surface area contributed by atoms with Crippen molar-refractivity contribution in [2.45, 2.75) is 45.3 Å². The number of hydrogen-bond donors (Lipinski definition) is 1. The predicted octanol–water partition coefficient (Wildman–Crippen LogP) is 1.79. The number of rotatable bonds is 4. The van der Waals surface area contributed by atoms with Crippen LogP contribution in [0.3, 0.4) is 0 Å². The summed E-state index contributed by atoms with van der Waals surface area (Å²) in [7, 11) is 0. The summed E-state index contributed by atoms with van der Waals surface area (Å²) in [4.78, 5) is 29.2. The van der Waals surface area contributed by atoms with Gasteiger partial charge in [-0.25, -0.2) is 4.98 Å². The van der Waals surface area contributed by atoms with Crippen molar-refractivity contribution >= 4 is 32.7 Å². The lowest BCUT2D eigenvalue weighted by molar-refractivity contribution is -0.121. The van der Waals surface area contributed by atoms with Crippen LogP contribution in [0.5, 0.6) is 0 Å². The van der Waals surface area contributed by atoms with Gasteiger partial charge in [0.15, 0.2) is 5.82 Å². The van der Waals surface area contributed by atoms with Crippen molar-refractivity contribution in [3.8, 4) is 0 Å². The van der Waals surface area contributed by atoms with Gasteiger partial charge in [-0.15, -0.1) is 10.2 Å². The molecule has 0 saturated carbocycles. The summed E-state index contributed by atoms with van der Waals surface area (Å²) in [5.74, 6) is 1.48. The first kappa shape index (κ1) is 17.8. The van der Waals surface area contributed by atoms with Crippen LogP contribution in [0.15, 0.2) is 33.8 Å². The molecule has 1 aliphatic heterocycles. The number of carbonyl (C=O) groups is 1. The summed E-state index contributed by atoms with van der Waals surface area (Å²) < 4.78 is 4.20. The standard InChI is InChI=1S/C18H19BrN6O2/c19-12-5-6-14-13(8-12)18(27)24(11-21-14)10-17(26)20-9-16-23-22-15-4-2-1-3-7-25(15)16/h5-6,8,11H,1-4,7,9-10H2,(H,20,26). The number of amides is 1. The van der Waals surface area contributed by atoms with Gasteiger partial charge in [-0.1, -0.05) is 22.4 Å². The van der Waals surface area contributed by atoms with E-state index < -0.39 is 0 Å². The van der Waals surface area contributed by atoms with E-state index >= 15 is 0 Å². The third-order valence-electron chi connectivity index (χ3n) is 4.73. The zero-order valence-corrected chi connectivity index (χ0v) is 16.3. The van der Waals surface area contributed by atoms with Crippen molar-refractivity contribution in [3.63, 3.8) is 0 Å². The predicted molar refractivity (Wildman–Crippen MR) is 103 cm³/mol. The molecule has 3 aromatic rings. The number of aromatic nitrogens is 5. The summed E-state index contributed by atoms with van der Waals surface area (Å²) in [5.41, 5.74) is 0.360. The van der Waals surface area contributed by atoms with E-state index in [0.29, 0.717) is 17.4 Å². The Labute approximate surface area is 163 Å². The lowest BCUT2D eigenvalue weighted by Gasteiger charge is -2.09. The van der Waals surface area contributed by atoms with Crippen molar-refractivity contribution in [2.24, 2.45) is 0 Å². The highest BCUT2D eigenvalue weighted by Gasteiger charge is 2.15. The highest BCUT2D eigenvalue weighted by Crippen LogP contribution is 2.15. The minimum atomic E-state index is -0.265. The van der Waals surface area contributed by atoms with Crippen molar-refractivity contribution < 1.29 is 4.79 Å². The van der Waals surface area contributed by atoms with Crippen LogP contribution in [-0.4, -0.2) is 30.2 Å². The number of fused-ring (bicyclic) bond motifs is 2. The minimum absolute atomic E-state index is 0.0880. The van der Waals surface area contributed by atoms with E-state index in [2.05, 4.69) is 41.0 Å². The monoisotopic (exact) mass is 430 g/mol. The molecule has 2 aromatic heterocycles. The number of hydrogen-bond acceptors (Lipinski definition) is 5. The maximum Gasteiger partial charge on any atom is 0.261 e. The van der Waals surface area contributed by atoms with E-state index in [1.54, 1.807) is 12.1 Å². The number of halogens is 1. The molecule has 0 bridgehead atoms. The molecule has 9 heteroatoms. The Bertz CT molecular complexity index is 1060. The summed E-state index contributed by atoms with van der Waals surface area (Å²) in [6.45, 7) is 1.10. The number of nitrogens with zero attached hydrogens (tertiary/aromatic N) is 5. The van der Waals surface area contributed by atoms with Crippen molar-refractivity contribution in [3.05, 3.63) is 51.0 Å². The van der Waals surface area contributed by atoms with Gasteiger partial charge in [0.1, 0.15) is 12.4 Å². The molecule has 1 aliphatic rings. The van der Waals surface area contributed by atoms with Gasteiger partial charge in [-0.2, -0.15) is 0 Å². The molecule has 8 nitrogen and oxygen atoms in total. The van der Waals surface area contributed by atoms with E-state index in [-0.39, 0.29) is 18.0 Å². The maximum atomic E-state index is 12.6. The Morgan fingerprint density at radius 1 is 1.22 bits per heavy atom. The van der Waals surface area contributed by atoms with Gasteiger partial charge < -0.3 is 9.88 Å². The molecule has 140 valence electrons. The zero-order valence-electron chi connectivity index (χ0n) is 14.7. The molecule has 4 rings (SSSR count). The van der Waals surface area contributed by atoms with Crippen LogP contribution in [0.2, 0.25) is 0 Å². The molecule has 27 heavy (non-hydrogen) atoms. The quantitative estimate of drug-likeness (QED) is 0.680. The third-order valence-corrected chi connectivity index (χ3v) is 5.22. The Morgan fingerprint density at radius 3 is 3.00 bits per heavy atom. The molecule has 0 spiro atoms. The van der Waals surface area contributed by atoms with Gasteiger partial charge in [0.05, 0.1) is 23.8 Å². The molecule has 1 amide bonds. The smallest absolute Gasteiger partial charge is 0.261 e. The summed E-state index contributed by atoms with van der Waals surface area (Å²) >= 11 is 3.35. The van der Waals surface area contributed by atoms with Gasteiger partial charge in [0, 0.05) is 17.4 Å². The SMILES string of the molecule is O=C(Cn1cnc2ccc(Br)cc2c1=O)NCc1nnc2n1CCCCC2. The van der Waals surface area contributed by atoms with Gasteiger partial charge in [0.2, 0.25) is 5.91 Å². The fourth-order valence-electron chi connectivity index (χ4n) is 3.31. The summed E-state index contributed by atoms with van der Waals surface area (Å²) in [6, 6.07) is 5.31. The first-order chi connectivity index (χ1) is 13.1. The van der Waals surface area contributed by atoms with E-state index in [4.69, 9.17) is 0 Å². The fraction of sp³-hybridized carbons (Fsp3) is 0.389. The molecule has 3 heterocycles. The highest BCUT2D eigenvalue weighted by atomic mass is 79.9. The average Bonchev–Trinajstić information content (AvgIpc) is 2.89. The Kier molecular flexibility index (Phi) is 5.02. The largest absolute Gasteiger partial charge is 0.347 e. The number of carbonyl (C=O) groups excluding carboxylic acids is 1. The van der Waals surface area contributed by atoms with Gasteiger partial charge in [0.25, 0.3) is 5.56 Å². The van der Waals surface area contributed by atoms with Gasteiger partial charge in [-0.3, -0.25) is 14.2 Å². The van der Waals surface area contributed by atoms with Crippen molar-refractivity contribution in [2.75, 3.05) is 0 Å². The van der Waals surface area contributed by atoms with Gasteiger partial charge in [-0.05, 0) is 31.0 Å². The molecule has 0 radical (unpaired) electrons. The topological polar surface area (TPSA) is 94.7 Å². The second-order valence-corrected chi connectivity index (χ2v) is 7.53. The number of nitrogens with one attached hydrogen (secondary N) is 1. The highest BCUT2D eigenvalue weighted by molar-refractivity contribution is 9.10. The molecule has 1 aromatic carbocycles. The van der Waals surface area contributed by atoms with E-state index in [1.807, 2.05) is 6.07 Å². The van der Waals surface area contributed by atoms with Crippen LogP contribution < -0.4 is 10.9 Å². The third kappa shape index (κ3) is 3.78. The van der Waals surface area contributed by atoms with Crippen molar-refractivity contribution in [1.29, 1.82) is 0 Å². The fourth-order valence-corrected chi connectivity index (χ4v) is 3.67. The number of benzene rings is 1. The lowest BCUT2D eigenvalue weighted by atomic mass is 10.2. The second kappa shape index (κ2) is 7.59. The Balaban J connectivity index is 1.46. The molecular weight excluding hydrogens is 412 g/mol. The Morgan fingerprint density at radius 2 is 2.11 bits per heavy atom.